The van der Waals surface area contributed by atoms with Gasteiger partial charge in [0, 0.05) is 19.7 Å². The van der Waals surface area contributed by atoms with E-state index >= 15 is 0 Å². The maximum Gasteiger partial charge on any atom is 0.280 e. The molecular formula is C14H17N3O4. The van der Waals surface area contributed by atoms with Crippen LogP contribution in [0.1, 0.15) is 11.5 Å². The maximum absolute atomic E-state index is 11.1. The van der Waals surface area contributed by atoms with Crippen LogP contribution in [0.3, 0.4) is 0 Å². The molecule has 0 aliphatic heterocycles. The van der Waals surface area contributed by atoms with Gasteiger partial charge in [0.2, 0.25) is 5.89 Å². The van der Waals surface area contributed by atoms with Crippen molar-refractivity contribution in [3.8, 4) is 11.3 Å². The lowest BCUT2D eigenvalue weighted by atomic mass is 10.1. The molecule has 0 radical (unpaired) electrons. The number of oxazole rings is 1. The minimum absolute atomic E-state index is 0.00985. The number of rotatable bonds is 7. The van der Waals surface area contributed by atoms with Crippen LogP contribution in [-0.2, 0) is 11.3 Å². The number of methoxy groups -OCH3 is 1. The molecule has 2 aromatic rings. The fraction of sp³-hybridized carbons (Fsp3) is 0.357. The molecule has 0 saturated carbocycles. The van der Waals surface area contributed by atoms with Gasteiger partial charge in [-0.1, -0.05) is 6.07 Å². The molecule has 112 valence electrons. The zero-order valence-electron chi connectivity index (χ0n) is 12.0. The summed E-state index contributed by atoms with van der Waals surface area (Å²) in [4.78, 5) is 14.8. The number of aryl methyl sites for hydroxylation is 1. The van der Waals surface area contributed by atoms with Crippen LogP contribution in [-0.4, -0.2) is 30.2 Å². The normalized spacial score (nSPS) is 10.8. The molecule has 1 heterocycles. The number of hydrogen-bond acceptors (Lipinski definition) is 6. The number of aromatic nitrogens is 1. The van der Waals surface area contributed by atoms with Gasteiger partial charge in [0.1, 0.15) is 0 Å². The number of benzene rings is 1. The smallest absolute Gasteiger partial charge is 0.280 e. The van der Waals surface area contributed by atoms with E-state index in [1.165, 1.54) is 12.3 Å². The predicted molar refractivity (Wildman–Crippen MR) is 76.9 cm³/mol. The lowest BCUT2D eigenvalue weighted by molar-refractivity contribution is -0.384. The minimum atomic E-state index is -0.423. The van der Waals surface area contributed by atoms with Crippen molar-refractivity contribution < 1.29 is 14.1 Å². The average molecular weight is 291 g/mol. The zero-order valence-corrected chi connectivity index (χ0v) is 12.0. The molecule has 1 aromatic carbocycles. The van der Waals surface area contributed by atoms with Crippen LogP contribution in [0.2, 0.25) is 0 Å². The summed E-state index contributed by atoms with van der Waals surface area (Å²) in [7, 11) is 1.63. The van der Waals surface area contributed by atoms with Gasteiger partial charge in [-0.3, -0.25) is 10.1 Å². The Hall–Kier alpha value is -2.25. The van der Waals surface area contributed by atoms with Gasteiger partial charge in [0.05, 0.1) is 29.8 Å². The number of hydrogen-bond donors (Lipinski definition) is 1. The third-order valence-corrected chi connectivity index (χ3v) is 2.93. The van der Waals surface area contributed by atoms with Crippen LogP contribution in [0.4, 0.5) is 5.69 Å². The maximum atomic E-state index is 11.1. The van der Waals surface area contributed by atoms with Gasteiger partial charge in [0.25, 0.3) is 5.69 Å². The molecule has 0 unspecified atom stereocenters. The Morgan fingerprint density at radius 1 is 1.48 bits per heavy atom. The molecule has 7 heteroatoms. The molecule has 1 N–H and O–H groups in total. The van der Waals surface area contributed by atoms with Crippen LogP contribution in [0.25, 0.3) is 11.3 Å². The monoisotopic (exact) mass is 291 g/mol. The summed E-state index contributed by atoms with van der Waals surface area (Å²) in [5, 5.41) is 14.2. The molecular weight excluding hydrogens is 274 g/mol. The number of nitrogens with zero attached hydrogens (tertiary/aromatic N) is 2. The molecule has 0 aliphatic rings. The SMILES string of the molecule is COCCNCc1ncc(-c2cc(C)ccc2[N+](=O)[O-])o1. The van der Waals surface area contributed by atoms with E-state index in [1.54, 1.807) is 19.2 Å². The van der Waals surface area contributed by atoms with Crippen LogP contribution >= 0.6 is 0 Å². The Balaban J connectivity index is 2.17. The van der Waals surface area contributed by atoms with Crippen molar-refractivity contribution in [2.45, 2.75) is 13.5 Å². The standard InChI is InChI=1S/C14H17N3O4/c1-10-3-4-12(17(18)19)11(7-10)13-8-16-14(21-13)9-15-5-6-20-2/h3-4,7-8,15H,5-6,9H2,1-2H3. The number of nitro benzene ring substituents is 1. The minimum Gasteiger partial charge on any atom is -0.439 e. The summed E-state index contributed by atoms with van der Waals surface area (Å²) in [5.74, 6) is 0.880. The first-order valence-corrected chi connectivity index (χ1v) is 6.51. The molecule has 0 aliphatic carbocycles. The Kier molecular flexibility index (Phi) is 5.02. The van der Waals surface area contributed by atoms with Crippen molar-refractivity contribution in [2.75, 3.05) is 20.3 Å². The van der Waals surface area contributed by atoms with Crippen LogP contribution in [0.5, 0.6) is 0 Å². The molecule has 0 bridgehead atoms. The summed E-state index contributed by atoms with van der Waals surface area (Å²) >= 11 is 0. The van der Waals surface area contributed by atoms with Crippen LogP contribution in [0, 0.1) is 17.0 Å². The summed E-state index contributed by atoms with van der Waals surface area (Å²) in [6.45, 7) is 3.59. The lowest BCUT2D eigenvalue weighted by Gasteiger charge is -2.02. The molecule has 0 spiro atoms. The van der Waals surface area contributed by atoms with Gasteiger partial charge in [-0.05, 0) is 18.6 Å². The van der Waals surface area contributed by atoms with Gasteiger partial charge in [0.15, 0.2) is 5.76 Å². The van der Waals surface area contributed by atoms with Crippen LogP contribution in [0.15, 0.2) is 28.8 Å². The van der Waals surface area contributed by atoms with Crippen molar-refractivity contribution in [3.05, 3.63) is 46.0 Å². The van der Waals surface area contributed by atoms with Crippen molar-refractivity contribution >= 4 is 5.69 Å². The molecule has 0 atom stereocenters. The van der Waals surface area contributed by atoms with E-state index < -0.39 is 4.92 Å². The first kappa shape index (κ1) is 15.1. The Morgan fingerprint density at radius 2 is 2.29 bits per heavy atom. The summed E-state index contributed by atoms with van der Waals surface area (Å²) in [6.07, 6.45) is 1.51. The third kappa shape index (κ3) is 3.87. The number of nitrogens with one attached hydrogen (secondary N) is 1. The van der Waals surface area contributed by atoms with E-state index in [0.29, 0.717) is 36.9 Å². The van der Waals surface area contributed by atoms with E-state index in [1.807, 2.05) is 6.92 Å². The first-order valence-electron chi connectivity index (χ1n) is 6.51. The van der Waals surface area contributed by atoms with Crippen molar-refractivity contribution in [1.82, 2.24) is 10.3 Å². The Morgan fingerprint density at radius 3 is 3.00 bits per heavy atom. The highest BCUT2D eigenvalue weighted by Gasteiger charge is 2.18. The number of nitro groups is 1. The van der Waals surface area contributed by atoms with Gasteiger partial charge >= 0.3 is 0 Å². The fourth-order valence-electron chi connectivity index (χ4n) is 1.89. The third-order valence-electron chi connectivity index (χ3n) is 2.93. The van der Waals surface area contributed by atoms with Gasteiger partial charge < -0.3 is 14.5 Å². The Labute approximate surface area is 122 Å². The lowest BCUT2D eigenvalue weighted by Crippen LogP contribution is -2.18. The van der Waals surface area contributed by atoms with Crippen molar-refractivity contribution in [1.29, 1.82) is 0 Å². The molecule has 0 saturated heterocycles. The highest BCUT2D eigenvalue weighted by molar-refractivity contribution is 5.69. The van der Waals surface area contributed by atoms with Gasteiger partial charge in [-0.15, -0.1) is 0 Å². The van der Waals surface area contributed by atoms with Gasteiger partial charge in [-0.25, -0.2) is 4.98 Å². The summed E-state index contributed by atoms with van der Waals surface area (Å²) in [6, 6.07) is 4.90. The van der Waals surface area contributed by atoms with E-state index in [2.05, 4.69) is 10.3 Å². The fourth-order valence-corrected chi connectivity index (χ4v) is 1.89. The second-order valence-corrected chi connectivity index (χ2v) is 4.57. The second-order valence-electron chi connectivity index (χ2n) is 4.57. The van der Waals surface area contributed by atoms with E-state index in [-0.39, 0.29) is 5.69 Å². The summed E-state index contributed by atoms with van der Waals surface area (Å²) < 4.78 is 10.5. The largest absolute Gasteiger partial charge is 0.439 e. The van der Waals surface area contributed by atoms with Crippen LogP contribution < -0.4 is 5.32 Å². The molecule has 0 amide bonds. The predicted octanol–water partition coefficient (Wildman–Crippen LogP) is 2.29. The first-order chi connectivity index (χ1) is 10.1. The highest BCUT2D eigenvalue weighted by Crippen LogP contribution is 2.31. The van der Waals surface area contributed by atoms with Crippen molar-refractivity contribution in [3.63, 3.8) is 0 Å². The van der Waals surface area contributed by atoms with Crippen molar-refractivity contribution in [2.24, 2.45) is 0 Å². The topological polar surface area (TPSA) is 90.4 Å². The average Bonchev–Trinajstić information content (AvgIpc) is 2.92. The quantitative estimate of drug-likeness (QED) is 0.478. The molecule has 21 heavy (non-hydrogen) atoms. The van der Waals surface area contributed by atoms with E-state index in [4.69, 9.17) is 9.15 Å². The summed E-state index contributed by atoms with van der Waals surface area (Å²) in [5.41, 5.74) is 1.37. The van der Waals surface area contributed by atoms with E-state index in [0.717, 1.165) is 5.56 Å². The zero-order chi connectivity index (χ0) is 15.2. The van der Waals surface area contributed by atoms with Gasteiger partial charge in [-0.2, -0.15) is 0 Å². The second kappa shape index (κ2) is 6.96. The highest BCUT2D eigenvalue weighted by atomic mass is 16.6. The molecule has 1 aromatic heterocycles. The molecule has 2 rings (SSSR count). The Bertz CT molecular complexity index is 624. The molecule has 7 nitrogen and oxygen atoms in total. The van der Waals surface area contributed by atoms with E-state index in [9.17, 15) is 10.1 Å². The molecule has 0 fully saturated rings. The number of ether oxygens (including phenoxy) is 1.